The molecule has 0 aliphatic rings. The van der Waals surface area contributed by atoms with Crippen molar-refractivity contribution in [2.45, 2.75) is 46.1 Å². The van der Waals surface area contributed by atoms with Gasteiger partial charge in [-0.25, -0.2) is 0 Å². The van der Waals surface area contributed by atoms with Crippen LogP contribution in [0.4, 0.5) is 0 Å². The highest BCUT2D eigenvalue weighted by Crippen LogP contribution is 2.21. The Balaban J connectivity index is 2.09. The second-order valence-electron chi connectivity index (χ2n) is 5.36. The van der Waals surface area contributed by atoms with Crippen LogP contribution in [0.3, 0.4) is 0 Å². The molecule has 0 saturated heterocycles. The van der Waals surface area contributed by atoms with Gasteiger partial charge in [-0.15, -0.1) is 0 Å². The molecule has 2 nitrogen and oxygen atoms in total. The van der Waals surface area contributed by atoms with Crippen molar-refractivity contribution >= 4 is 11.3 Å². The SMILES string of the molecule is CCCNC(CCc1ccsc1)c1cc(C)nc(C)c1. The first-order chi connectivity index (χ1) is 9.69. The van der Waals surface area contributed by atoms with E-state index >= 15 is 0 Å². The summed E-state index contributed by atoms with van der Waals surface area (Å²) in [5.74, 6) is 0. The van der Waals surface area contributed by atoms with Gasteiger partial charge in [-0.3, -0.25) is 4.98 Å². The van der Waals surface area contributed by atoms with E-state index in [-0.39, 0.29) is 0 Å². The summed E-state index contributed by atoms with van der Waals surface area (Å²) in [6.45, 7) is 7.43. The van der Waals surface area contributed by atoms with Gasteiger partial charge in [0.05, 0.1) is 0 Å². The minimum absolute atomic E-state index is 0.426. The third kappa shape index (κ3) is 4.43. The molecule has 0 saturated carbocycles. The largest absolute Gasteiger partial charge is 0.310 e. The van der Waals surface area contributed by atoms with Crippen LogP contribution in [0.1, 0.15) is 48.3 Å². The molecule has 3 heteroatoms. The van der Waals surface area contributed by atoms with Gasteiger partial charge in [0, 0.05) is 17.4 Å². The van der Waals surface area contributed by atoms with Gasteiger partial charge in [-0.2, -0.15) is 11.3 Å². The van der Waals surface area contributed by atoms with Crippen molar-refractivity contribution < 1.29 is 0 Å². The maximum absolute atomic E-state index is 4.48. The summed E-state index contributed by atoms with van der Waals surface area (Å²) >= 11 is 1.78. The number of hydrogen-bond donors (Lipinski definition) is 1. The van der Waals surface area contributed by atoms with E-state index in [0.717, 1.165) is 37.2 Å². The summed E-state index contributed by atoms with van der Waals surface area (Å²) in [6, 6.07) is 7.09. The Morgan fingerprint density at radius 2 is 2.00 bits per heavy atom. The second kappa shape index (κ2) is 7.55. The number of aromatic nitrogens is 1. The molecule has 2 heterocycles. The number of aryl methyl sites for hydroxylation is 3. The van der Waals surface area contributed by atoms with Crippen molar-refractivity contribution in [3.05, 3.63) is 51.5 Å². The van der Waals surface area contributed by atoms with Crippen LogP contribution in [0.25, 0.3) is 0 Å². The van der Waals surface area contributed by atoms with Gasteiger partial charge in [-0.1, -0.05) is 6.92 Å². The van der Waals surface area contributed by atoms with Crippen molar-refractivity contribution in [1.82, 2.24) is 10.3 Å². The number of rotatable bonds is 7. The second-order valence-corrected chi connectivity index (χ2v) is 6.14. The first-order valence-electron chi connectivity index (χ1n) is 7.38. The Bertz CT molecular complexity index is 500. The predicted octanol–water partition coefficient (Wildman–Crippen LogP) is 4.43. The fraction of sp³-hybridized carbons (Fsp3) is 0.471. The van der Waals surface area contributed by atoms with Crippen LogP contribution in [0, 0.1) is 13.8 Å². The molecule has 0 bridgehead atoms. The van der Waals surface area contributed by atoms with E-state index in [1.54, 1.807) is 11.3 Å². The standard InChI is InChI=1S/C17H24N2S/c1-4-8-18-17(6-5-15-7-9-20-12-15)16-10-13(2)19-14(3)11-16/h7,9-12,17-18H,4-6,8H2,1-3H3. The molecular formula is C17H24N2S. The molecule has 2 rings (SSSR count). The highest BCUT2D eigenvalue weighted by Gasteiger charge is 2.12. The van der Waals surface area contributed by atoms with Crippen molar-refractivity contribution in [2.75, 3.05) is 6.54 Å². The number of thiophene rings is 1. The predicted molar refractivity (Wildman–Crippen MR) is 87.4 cm³/mol. The fourth-order valence-corrected chi connectivity index (χ4v) is 3.22. The van der Waals surface area contributed by atoms with Crippen LogP contribution in [0.2, 0.25) is 0 Å². The first kappa shape index (κ1) is 15.2. The zero-order valence-electron chi connectivity index (χ0n) is 12.6. The molecule has 20 heavy (non-hydrogen) atoms. The summed E-state index contributed by atoms with van der Waals surface area (Å²) in [5.41, 5.74) is 5.04. The Morgan fingerprint density at radius 1 is 1.25 bits per heavy atom. The number of nitrogens with zero attached hydrogens (tertiary/aromatic N) is 1. The lowest BCUT2D eigenvalue weighted by atomic mass is 9.99. The minimum atomic E-state index is 0.426. The summed E-state index contributed by atoms with van der Waals surface area (Å²) in [6.07, 6.45) is 3.43. The molecule has 0 amide bonds. The Hall–Kier alpha value is -1.19. The Labute approximate surface area is 126 Å². The smallest absolute Gasteiger partial charge is 0.0379 e. The van der Waals surface area contributed by atoms with E-state index in [1.165, 1.54) is 11.1 Å². The highest BCUT2D eigenvalue weighted by molar-refractivity contribution is 7.07. The van der Waals surface area contributed by atoms with E-state index < -0.39 is 0 Å². The number of nitrogens with one attached hydrogen (secondary N) is 1. The maximum Gasteiger partial charge on any atom is 0.0379 e. The summed E-state index contributed by atoms with van der Waals surface area (Å²) < 4.78 is 0. The molecule has 1 N–H and O–H groups in total. The summed E-state index contributed by atoms with van der Waals surface area (Å²) in [5, 5.41) is 8.09. The lowest BCUT2D eigenvalue weighted by Crippen LogP contribution is -2.23. The van der Waals surface area contributed by atoms with Crippen molar-refractivity contribution in [3.63, 3.8) is 0 Å². The normalized spacial score (nSPS) is 12.6. The van der Waals surface area contributed by atoms with E-state index in [4.69, 9.17) is 0 Å². The molecule has 0 spiro atoms. The van der Waals surface area contributed by atoms with E-state index in [1.807, 2.05) is 0 Å². The van der Waals surface area contributed by atoms with Gasteiger partial charge in [0.1, 0.15) is 0 Å². The van der Waals surface area contributed by atoms with Crippen LogP contribution in [0.5, 0.6) is 0 Å². The molecule has 0 aliphatic heterocycles. The van der Waals surface area contributed by atoms with E-state index in [9.17, 15) is 0 Å². The summed E-state index contributed by atoms with van der Waals surface area (Å²) in [4.78, 5) is 4.48. The lowest BCUT2D eigenvalue weighted by Gasteiger charge is -2.19. The zero-order valence-corrected chi connectivity index (χ0v) is 13.5. The zero-order chi connectivity index (χ0) is 14.4. The third-order valence-electron chi connectivity index (χ3n) is 3.45. The molecule has 0 aliphatic carbocycles. The van der Waals surface area contributed by atoms with Gasteiger partial charge >= 0.3 is 0 Å². The summed E-state index contributed by atoms with van der Waals surface area (Å²) in [7, 11) is 0. The monoisotopic (exact) mass is 288 g/mol. The van der Waals surface area contributed by atoms with Gasteiger partial charge < -0.3 is 5.32 Å². The molecule has 0 fully saturated rings. The molecule has 1 unspecified atom stereocenters. The molecule has 0 radical (unpaired) electrons. The molecule has 2 aromatic rings. The molecule has 2 aromatic heterocycles. The van der Waals surface area contributed by atoms with Gasteiger partial charge in [-0.05, 0) is 79.7 Å². The molecule has 108 valence electrons. The first-order valence-corrected chi connectivity index (χ1v) is 8.33. The fourth-order valence-electron chi connectivity index (χ4n) is 2.52. The average molecular weight is 288 g/mol. The Kier molecular flexibility index (Phi) is 5.74. The van der Waals surface area contributed by atoms with E-state index in [2.05, 4.69) is 60.0 Å². The highest BCUT2D eigenvalue weighted by atomic mass is 32.1. The molecule has 0 aromatic carbocycles. The van der Waals surface area contributed by atoms with Crippen LogP contribution in [-0.2, 0) is 6.42 Å². The van der Waals surface area contributed by atoms with Crippen molar-refractivity contribution in [2.24, 2.45) is 0 Å². The van der Waals surface area contributed by atoms with Gasteiger partial charge in [0.15, 0.2) is 0 Å². The van der Waals surface area contributed by atoms with E-state index in [0.29, 0.717) is 6.04 Å². The van der Waals surface area contributed by atoms with Crippen molar-refractivity contribution in [3.8, 4) is 0 Å². The minimum Gasteiger partial charge on any atom is -0.310 e. The van der Waals surface area contributed by atoms with Crippen molar-refractivity contribution in [1.29, 1.82) is 0 Å². The molecule has 1 atom stereocenters. The van der Waals surface area contributed by atoms with Crippen LogP contribution in [0.15, 0.2) is 29.0 Å². The lowest BCUT2D eigenvalue weighted by molar-refractivity contribution is 0.498. The van der Waals surface area contributed by atoms with Crippen LogP contribution in [-0.4, -0.2) is 11.5 Å². The number of hydrogen-bond acceptors (Lipinski definition) is 3. The van der Waals surface area contributed by atoms with Gasteiger partial charge in [0.2, 0.25) is 0 Å². The number of pyridine rings is 1. The topological polar surface area (TPSA) is 24.9 Å². The third-order valence-corrected chi connectivity index (χ3v) is 4.18. The van der Waals surface area contributed by atoms with Crippen LogP contribution < -0.4 is 5.32 Å². The molecular weight excluding hydrogens is 264 g/mol. The maximum atomic E-state index is 4.48. The van der Waals surface area contributed by atoms with Crippen LogP contribution >= 0.6 is 11.3 Å². The Morgan fingerprint density at radius 3 is 2.60 bits per heavy atom. The average Bonchev–Trinajstić information content (AvgIpc) is 2.91. The van der Waals surface area contributed by atoms with Gasteiger partial charge in [0.25, 0.3) is 0 Å². The quantitative estimate of drug-likeness (QED) is 0.815.